The van der Waals surface area contributed by atoms with Crippen molar-refractivity contribution >= 4 is 17.6 Å². The Morgan fingerprint density at radius 3 is 2.59 bits per heavy atom. The number of nitrogens with zero attached hydrogens (tertiary/aromatic N) is 1. The molecule has 2 aromatic carbocycles. The topological polar surface area (TPSA) is 88.7 Å². The Morgan fingerprint density at radius 2 is 1.89 bits per heavy atom. The second-order valence-electron chi connectivity index (χ2n) is 6.22. The van der Waals surface area contributed by atoms with Gasteiger partial charge in [-0.15, -0.1) is 0 Å². The van der Waals surface area contributed by atoms with E-state index in [0.29, 0.717) is 31.2 Å². The van der Waals surface area contributed by atoms with Crippen LogP contribution in [0.5, 0.6) is 0 Å². The highest BCUT2D eigenvalue weighted by Gasteiger charge is 2.05. The minimum atomic E-state index is -0.0468. The van der Waals surface area contributed by atoms with Crippen LogP contribution in [-0.2, 0) is 17.9 Å². The third-order valence-electron chi connectivity index (χ3n) is 4.04. The normalized spacial score (nSPS) is 11.3. The molecule has 0 aliphatic heterocycles. The van der Waals surface area contributed by atoms with Crippen molar-refractivity contribution in [1.82, 2.24) is 5.32 Å². The molecule has 2 aromatic rings. The predicted molar refractivity (Wildman–Crippen MR) is 110 cm³/mol. The van der Waals surface area contributed by atoms with Crippen molar-refractivity contribution in [2.24, 2.45) is 10.7 Å². The van der Waals surface area contributed by atoms with Crippen LogP contribution in [0.2, 0.25) is 0 Å². The zero-order valence-corrected chi connectivity index (χ0v) is 16.0. The molecule has 0 saturated carbocycles. The van der Waals surface area contributed by atoms with Crippen LogP contribution in [0.4, 0.5) is 5.69 Å². The highest BCUT2D eigenvalue weighted by molar-refractivity contribution is 5.94. The van der Waals surface area contributed by atoms with Gasteiger partial charge in [0.2, 0.25) is 0 Å². The van der Waals surface area contributed by atoms with Crippen molar-refractivity contribution in [2.45, 2.75) is 32.9 Å². The van der Waals surface area contributed by atoms with Crippen molar-refractivity contribution in [3.05, 3.63) is 65.2 Å². The van der Waals surface area contributed by atoms with Crippen LogP contribution >= 0.6 is 0 Å². The standard InChI is InChI=1S/C21H28N4O2/c1-3-4-13-23-20(26)17-11-9-16(10-12-17)14-24-21(22)25-19-8-6-5-7-18(19)15-27-2/h5-12H,3-4,13-15H2,1-2H3,(H,23,26)(H3,22,24,25). The average Bonchev–Trinajstić information content (AvgIpc) is 2.68. The van der Waals surface area contributed by atoms with Gasteiger partial charge in [-0.1, -0.05) is 43.7 Å². The smallest absolute Gasteiger partial charge is 0.251 e. The number of nitrogens with one attached hydrogen (secondary N) is 2. The average molecular weight is 368 g/mol. The Balaban J connectivity index is 1.92. The molecule has 0 atom stereocenters. The number of hydrogen-bond acceptors (Lipinski definition) is 3. The summed E-state index contributed by atoms with van der Waals surface area (Å²) in [7, 11) is 1.65. The molecular weight excluding hydrogens is 340 g/mol. The number of amides is 1. The van der Waals surface area contributed by atoms with Gasteiger partial charge in [-0.3, -0.25) is 4.79 Å². The molecule has 0 heterocycles. The maximum atomic E-state index is 12.0. The van der Waals surface area contributed by atoms with E-state index in [1.807, 2.05) is 48.5 Å². The van der Waals surface area contributed by atoms with Gasteiger partial charge < -0.3 is 21.1 Å². The van der Waals surface area contributed by atoms with Gasteiger partial charge in [-0.2, -0.15) is 0 Å². The number of benzene rings is 2. The molecule has 0 bridgehead atoms. The molecule has 0 saturated heterocycles. The number of anilines is 1. The first kappa shape index (κ1) is 20.5. The van der Waals surface area contributed by atoms with E-state index >= 15 is 0 Å². The SMILES string of the molecule is CCCCNC(=O)c1ccc(CN=C(N)Nc2ccccc2COC)cc1. The summed E-state index contributed by atoms with van der Waals surface area (Å²) in [5, 5.41) is 6.01. The van der Waals surface area contributed by atoms with E-state index in [-0.39, 0.29) is 5.91 Å². The Hall–Kier alpha value is -2.86. The number of para-hydroxylation sites is 1. The number of rotatable bonds is 9. The molecule has 144 valence electrons. The molecule has 0 aromatic heterocycles. The first-order chi connectivity index (χ1) is 13.1. The minimum absolute atomic E-state index is 0.0468. The van der Waals surface area contributed by atoms with Gasteiger partial charge in [-0.05, 0) is 30.2 Å². The molecule has 0 fully saturated rings. The fourth-order valence-corrected chi connectivity index (χ4v) is 2.52. The highest BCUT2D eigenvalue weighted by atomic mass is 16.5. The first-order valence-corrected chi connectivity index (χ1v) is 9.15. The molecule has 1 amide bonds. The Bertz CT molecular complexity index is 757. The lowest BCUT2D eigenvalue weighted by molar-refractivity contribution is 0.0953. The maximum Gasteiger partial charge on any atom is 0.251 e. The molecule has 2 rings (SSSR count). The van der Waals surface area contributed by atoms with Crippen LogP contribution in [-0.4, -0.2) is 25.5 Å². The number of aliphatic imine (C=N–C) groups is 1. The van der Waals surface area contributed by atoms with Gasteiger partial charge >= 0.3 is 0 Å². The van der Waals surface area contributed by atoms with E-state index in [2.05, 4.69) is 22.5 Å². The van der Waals surface area contributed by atoms with Crippen molar-refractivity contribution in [3.8, 4) is 0 Å². The second kappa shape index (κ2) is 11.0. The molecule has 0 spiro atoms. The van der Waals surface area contributed by atoms with Crippen LogP contribution in [0.15, 0.2) is 53.5 Å². The predicted octanol–water partition coefficient (Wildman–Crippen LogP) is 3.29. The summed E-state index contributed by atoms with van der Waals surface area (Å²) in [6, 6.07) is 15.2. The minimum Gasteiger partial charge on any atom is -0.380 e. The Kier molecular flexibility index (Phi) is 8.32. The first-order valence-electron chi connectivity index (χ1n) is 9.15. The molecule has 4 N–H and O–H groups in total. The monoisotopic (exact) mass is 368 g/mol. The lowest BCUT2D eigenvalue weighted by Crippen LogP contribution is -2.24. The summed E-state index contributed by atoms with van der Waals surface area (Å²) >= 11 is 0. The number of hydrogen-bond donors (Lipinski definition) is 3. The number of ether oxygens (including phenoxy) is 1. The summed E-state index contributed by atoms with van der Waals surface area (Å²) < 4.78 is 5.19. The van der Waals surface area contributed by atoms with Crippen LogP contribution in [0, 0.1) is 0 Å². The lowest BCUT2D eigenvalue weighted by atomic mass is 10.1. The van der Waals surface area contributed by atoms with Crippen molar-refractivity contribution in [3.63, 3.8) is 0 Å². The molecule has 0 aliphatic rings. The van der Waals surface area contributed by atoms with E-state index in [4.69, 9.17) is 10.5 Å². The molecule has 0 unspecified atom stereocenters. The number of guanidine groups is 1. The largest absolute Gasteiger partial charge is 0.380 e. The van der Waals surface area contributed by atoms with E-state index < -0.39 is 0 Å². The Labute approximate surface area is 160 Å². The second-order valence-corrected chi connectivity index (χ2v) is 6.22. The molecule has 0 aliphatic carbocycles. The van der Waals surface area contributed by atoms with Gasteiger partial charge in [0.25, 0.3) is 5.91 Å². The highest BCUT2D eigenvalue weighted by Crippen LogP contribution is 2.15. The summed E-state index contributed by atoms with van der Waals surface area (Å²) in [6.45, 7) is 3.73. The van der Waals surface area contributed by atoms with Gasteiger partial charge in [0.05, 0.1) is 13.2 Å². The quantitative estimate of drug-likeness (QED) is 0.360. The number of unbranched alkanes of at least 4 members (excludes halogenated alkanes) is 1. The fraction of sp³-hybridized carbons (Fsp3) is 0.333. The number of carbonyl (C=O) groups excluding carboxylic acids is 1. The third-order valence-corrected chi connectivity index (χ3v) is 4.04. The zero-order valence-electron chi connectivity index (χ0n) is 16.0. The van der Waals surface area contributed by atoms with Crippen LogP contribution < -0.4 is 16.4 Å². The zero-order chi connectivity index (χ0) is 19.5. The maximum absolute atomic E-state index is 12.0. The molecular formula is C21H28N4O2. The van der Waals surface area contributed by atoms with Crippen LogP contribution in [0.1, 0.15) is 41.3 Å². The molecule has 6 nitrogen and oxygen atoms in total. The number of nitrogens with two attached hydrogens (primary N) is 1. The summed E-state index contributed by atoms with van der Waals surface area (Å²) in [5.74, 6) is 0.286. The summed E-state index contributed by atoms with van der Waals surface area (Å²) in [5.41, 5.74) is 9.52. The van der Waals surface area contributed by atoms with Crippen LogP contribution in [0.25, 0.3) is 0 Å². The third kappa shape index (κ3) is 6.75. The van der Waals surface area contributed by atoms with E-state index in [1.54, 1.807) is 7.11 Å². The molecule has 0 radical (unpaired) electrons. The fourth-order valence-electron chi connectivity index (χ4n) is 2.52. The van der Waals surface area contributed by atoms with Gasteiger partial charge in [-0.25, -0.2) is 4.99 Å². The van der Waals surface area contributed by atoms with Crippen molar-refractivity contribution in [2.75, 3.05) is 19.0 Å². The van der Waals surface area contributed by atoms with Crippen molar-refractivity contribution < 1.29 is 9.53 Å². The summed E-state index contributed by atoms with van der Waals surface area (Å²) in [6.07, 6.45) is 2.04. The number of methoxy groups -OCH3 is 1. The van der Waals surface area contributed by atoms with Crippen molar-refractivity contribution in [1.29, 1.82) is 0 Å². The van der Waals surface area contributed by atoms with Gasteiger partial charge in [0, 0.05) is 30.5 Å². The van der Waals surface area contributed by atoms with E-state index in [9.17, 15) is 4.79 Å². The molecule has 6 heteroatoms. The van der Waals surface area contributed by atoms with Gasteiger partial charge in [0.15, 0.2) is 5.96 Å². The van der Waals surface area contributed by atoms with Crippen LogP contribution in [0.3, 0.4) is 0 Å². The lowest BCUT2D eigenvalue weighted by Gasteiger charge is -2.11. The van der Waals surface area contributed by atoms with E-state index in [1.165, 1.54) is 0 Å². The van der Waals surface area contributed by atoms with Gasteiger partial charge in [0.1, 0.15) is 0 Å². The number of carbonyl (C=O) groups is 1. The summed E-state index contributed by atoms with van der Waals surface area (Å²) in [4.78, 5) is 16.4. The van der Waals surface area contributed by atoms with E-state index in [0.717, 1.165) is 29.7 Å². The Morgan fingerprint density at radius 1 is 1.15 bits per heavy atom. The molecule has 27 heavy (non-hydrogen) atoms.